The Morgan fingerprint density at radius 2 is 1.86 bits per heavy atom. The molecule has 2 aliphatic rings. The first-order valence-corrected chi connectivity index (χ1v) is 10.1. The van der Waals surface area contributed by atoms with Crippen molar-refractivity contribution < 1.29 is 22.8 Å². The van der Waals surface area contributed by atoms with E-state index < -0.39 is 11.6 Å². The third-order valence-corrected chi connectivity index (χ3v) is 5.99. The summed E-state index contributed by atoms with van der Waals surface area (Å²) in [5, 5.41) is 6.82. The largest absolute Gasteiger partial charge is 0.379 e. The van der Waals surface area contributed by atoms with Gasteiger partial charge < -0.3 is 14.6 Å². The Hall–Kier alpha value is -2.32. The number of morpholine rings is 1. The average molecular weight is 405 g/mol. The third kappa shape index (κ3) is 4.33. The number of nitrogens with one attached hydrogen (secondary N) is 1. The van der Waals surface area contributed by atoms with Gasteiger partial charge in [-0.05, 0) is 31.0 Å². The number of carbonyl (C=O) groups excluding carboxylic acids is 1. The molecule has 0 radical (unpaired) electrons. The summed E-state index contributed by atoms with van der Waals surface area (Å²) < 4.78 is 37.2. The van der Waals surface area contributed by atoms with Crippen LogP contribution < -0.4 is 5.32 Å². The second-order valence-electron chi connectivity index (χ2n) is 7.77. The van der Waals surface area contributed by atoms with Crippen LogP contribution in [0.2, 0.25) is 0 Å². The van der Waals surface area contributed by atoms with E-state index in [9.17, 15) is 13.6 Å². The highest BCUT2D eigenvalue weighted by Crippen LogP contribution is 2.34. The minimum atomic E-state index is -0.977. The molecule has 8 heteroatoms. The van der Waals surface area contributed by atoms with Gasteiger partial charge in [0.1, 0.15) is 0 Å². The van der Waals surface area contributed by atoms with Crippen LogP contribution in [-0.2, 0) is 4.74 Å². The summed E-state index contributed by atoms with van der Waals surface area (Å²) in [7, 11) is 0. The minimum Gasteiger partial charge on any atom is -0.379 e. The topological polar surface area (TPSA) is 67.6 Å². The maximum atomic E-state index is 13.4. The van der Waals surface area contributed by atoms with E-state index in [1.165, 1.54) is 18.6 Å². The summed E-state index contributed by atoms with van der Waals surface area (Å²) in [6.07, 6.45) is 5.62. The van der Waals surface area contributed by atoms with Crippen LogP contribution in [0, 0.1) is 11.6 Å². The van der Waals surface area contributed by atoms with Crippen LogP contribution in [0.1, 0.15) is 42.6 Å². The maximum absolute atomic E-state index is 13.4. The van der Waals surface area contributed by atoms with Crippen LogP contribution in [0.5, 0.6) is 0 Å². The number of amides is 1. The van der Waals surface area contributed by atoms with Crippen molar-refractivity contribution in [1.29, 1.82) is 0 Å². The van der Waals surface area contributed by atoms with E-state index in [-0.39, 0.29) is 22.9 Å². The molecule has 29 heavy (non-hydrogen) atoms. The molecule has 1 amide bonds. The van der Waals surface area contributed by atoms with Gasteiger partial charge in [0.2, 0.25) is 0 Å². The first-order chi connectivity index (χ1) is 14.1. The van der Waals surface area contributed by atoms with Crippen molar-refractivity contribution in [1.82, 2.24) is 15.4 Å². The molecule has 1 aliphatic carbocycles. The highest BCUT2D eigenvalue weighted by atomic mass is 19.2. The molecule has 0 atom stereocenters. The molecule has 6 nitrogen and oxygen atoms in total. The van der Waals surface area contributed by atoms with E-state index in [2.05, 4.69) is 15.4 Å². The summed E-state index contributed by atoms with van der Waals surface area (Å²) in [5.74, 6) is -2.03. The predicted molar refractivity (Wildman–Crippen MR) is 102 cm³/mol. The third-order valence-electron chi connectivity index (χ3n) is 5.99. The Bertz CT molecular complexity index is 859. The van der Waals surface area contributed by atoms with Crippen molar-refractivity contribution in [2.24, 2.45) is 0 Å². The number of hydrogen-bond donors (Lipinski definition) is 1. The number of aromatic nitrogens is 1. The zero-order valence-corrected chi connectivity index (χ0v) is 16.3. The number of carbonyl (C=O) groups is 1. The van der Waals surface area contributed by atoms with E-state index >= 15 is 0 Å². The monoisotopic (exact) mass is 405 g/mol. The SMILES string of the molecule is O=C(NCC1(N2CCOCC2)CCCCC1)c1cc(-c2ccc(F)c(F)c2)on1. The number of ether oxygens (including phenoxy) is 1. The molecule has 0 bridgehead atoms. The fourth-order valence-corrected chi connectivity index (χ4v) is 4.36. The van der Waals surface area contributed by atoms with Gasteiger partial charge in [0.25, 0.3) is 5.91 Å². The second kappa shape index (κ2) is 8.59. The fraction of sp³-hybridized carbons (Fsp3) is 0.524. The van der Waals surface area contributed by atoms with Crippen molar-refractivity contribution >= 4 is 5.91 Å². The van der Waals surface area contributed by atoms with Gasteiger partial charge in [-0.15, -0.1) is 0 Å². The lowest BCUT2D eigenvalue weighted by atomic mass is 9.79. The molecular weight excluding hydrogens is 380 g/mol. The minimum absolute atomic E-state index is 0.0512. The van der Waals surface area contributed by atoms with Crippen molar-refractivity contribution in [3.8, 4) is 11.3 Å². The summed E-state index contributed by atoms with van der Waals surface area (Å²) in [4.78, 5) is 15.1. The second-order valence-corrected chi connectivity index (χ2v) is 7.77. The maximum Gasteiger partial charge on any atom is 0.273 e. The van der Waals surface area contributed by atoms with Gasteiger partial charge in [0, 0.05) is 36.8 Å². The molecule has 156 valence electrons. The quantitative estimate of drug-likeness (QED) is 0.826. The molecule has 0 unspecified atom stereocenters. The number of benzene rings is 1. The van der Waals surface area contributed by atoms with Gasteiger partial charge in [-0.1, -0.05) is 24.4 Å². The van der Waals surface area contributed by atoms with Crippen molar-refractivity contribution in [3.63, 3.8) is 0 Å². The smallest absolute Gasteiger partial charge is 0.273 e. The Kier molecular flexibility index (Phi) is 5.91. The summed E-state index contributed by atoms with van der Waals surface area (Å²) in [6.45, 7) is 3.73. The van der Waals surface area contributed by atoms with E-state index in [1.807, 2.05) is 0 Å². The van der Waals surface area contributed by atoms with Crippen LogP contribution >= 0.6 is 0 Å². The number of nitrogens with zero attached hydrogens (tertiary/aromatic N) is 2. The molecule has 1 aliphatic heterocycles. The molecular formula is C21H25F2N3O3. The summed E-state index contributed by atoms with van der Waals surface area (Å²) >= 11 is 0. The zero-order chi connectivity index (χ0) is 20.3. The normalized spacial score (nSPS) is 19.8. The van der Waals surface area contributed by atoms with Gasteiger partial charge in [-0.2, -0.15) is 0 Å². The lowest BCUT2D eigenvalue weighted by Crippen LogP contribution is -2.59. The molecule has 1 aromatic carbocycles. The van der Waals surface area contributed by atoms with Gasteiger partial charge in [-0.3, -0.25) is 9.69 Å². The predicted octanol–water partition coefficient (Wildman–Crippen LogP) is 3.38. The molecule has 0 spiro atoms. The van der Waals surface area contributed by atoms with E-state index in [0.717, 1.165) is 64.1 Å². The Morgan fingerprint density at radius 3 is 2.59 bits per heavy atom. The Labute approximate surface area is 168 Å². The van der Waals surface area contributed by atoms with Crippen molar-refractivity contribution in [2.45, 2.75) is 37.6 Å². The molecule has 2 heterocycles. The Balaban J connectivity index is 1.44. The molecule has 2 fully saturated rings. The standard InChI is InChI=1S/C21H25F2N3O3/c22-16-5-4-15(12-17(16)23)19-13-18(25-29-19)20(27)24-14-21(6-2-1-3-7-21)26-8-10-28-11-9-26/h4-5,12-13H,1-3,6-11,14H2,(H,24,27). The van der Waals surface area contributed by atoms with Crippen LogP contribution in [0.15, 0.2) is 28.8 Å². The summed E-state index contributed by atoms with van der Waals surface area (Å²) in [6, 6.07) is 4.87. The van der Waals surface area contributed by atoms with Gasteiger partial charge in [0.15, 0.2) is 23.1 Å². The van der Waals surface area contributed by atoms with Crippen LogP contribution in [0.4, 0.5) is 8.78 Å². The fourth-order valence-electron chi connectivity index (χ4n) is 4.36. The summed E-state index contributed by atoms with van der Waals surface area (Å²) in [5.41, 5.74) is 0.398. The highest BCUT2D eigenvalue weighted by Gasteiger charge is 2.39. The molecule has 2 aromatic rings. The van der Waals surface area contributed by atoms with E-state index in [4.69, 9.17) is 9.26 Å². The van der Waals surface area contributed by atoms with E-state index in [1.54, 1.807) is 0 Å². The number of halogens is 2. The van der Waals surface area contributed by atoms with Crippen LogP contribution in [0.3, 0.4) is 0 Å². The highest BCUT2D eigenvalue weighted by molar-refractivity contribution is 5.93. The zero-order valence-electron chi connectivity index (χ0n) is 16.3. The first kappa shape index (κ1) is 20.0. The number of hydrogen-bond acceptors (Lipinski definition) is 5. The lowest BCUT2D eigenvalue weighted by Gasteiger charge is -2.48. The first-order valence-electron chi connectivity index (χ1n) is 10.1. The Morgan fingerprint density at radius 1 is 1.10 bits per heavy atom. The van der Waals surface area contributed by atoms with Crippen LogP contribution in [-0.4, -0.2) is 54.4 Å². The van der Waals surface area contributed by atoms with E-state index in [0.29, 0.717) is 12.1 Å². The molecule has 1 saturated heterocycles. The van der Waals surface area contributed by atoms with Gasteiger partial charge in [0.05, 0.1) is 13.2 Å². The van der Waals surface area contributed by atoms with Gasteiger partial charge >= 0.3 is 0 Å². The number of rotatable bonds is 5. The van der Waals surface area contributed by atoms with Crippen LogP contribution in [0.25, 0.3) is 11.3 Å². The lowest BCUT2D eigenvalue weighted by molar-refractivity contribution is -0.0361. The molecule has 1 saturated carbocycles. The van der Waals surface area contributed by atoms with Crippen molar-refractivity contribution in [3.05, 3.63) is 41.6 Å². The molecule has 4 rings (SSSR count). The van der Waals surface area contributed by atoms with Crippen molar-refractivity contribution in [2.75, 3.05) is 32.8 Å². The molecule has 1 aromatic heterocycles. The molecule has 1 N–H and O–H groups in total. The van der Waals surface area contributed by atoms with Gasteiger partial charge in [-0.25, -0.2) is 8.78 Å². The average Bonchev–Trinajstić information content (AvgIpc) is 3.26.